The monoisotopic (exact) mass is 222 g/mol. The molecule has 0 aliphatic heterocycles. The average Bonchev–Trinajstić information content (AvgIpc) is 2.30. The molecule has 1 aromatic carbocycles. The van der Waals surface area contributed by atoms with Crippen molar-refractivity contribution in [2.45, 2.75) is 26.8 Å². The molecule has 0 heterocycles. The highest BCUT2D eigenvalue weighted by Crippen LogP contribution is 2.30. The standard InChI is InChI=1S/C13H22N2O/c1-5-15(11(3)9-14)12-8-10(2)6-7-13(12)16-4/h6-8,11H,5,9,14H2,1-4H3. The minimum atomic E-state index is 0.320. The van der Waals surface area contributed by atoms with Crippen molar-refractivity contribution in [3.63, 3.8) is 0 Å². The van der Waals surface area contributed by atoms with Crippen molar-refractivity contribution < 1.29 is 4.74 Å². The Labute approximate surface area is 98.2 Å². The minimum Gasteiger partial charge on any atom is -0.495 e. The number of methoxy groups -OCH3 is 1. The zero-order valence-electron chi connectivity index (χ0n) is 10.7. The smallest absolute Gasteiger partial charge is 0.142 e. The van der Waals surface area contributed by atoms with Gasteiger partial charge in [0, 0.05) is 19.1 Å². The van der Waals surface area contributed by atoms with Gasteiger partial charge in [0.05, 0.1) is 12.8 Å². The molecule has 1 rings (SSSR count). The predicted molar refractivity (Wildman–Crippen MR) is 69.3 cm³/mol. The molecule has 1 aromatic rings. The van der Waals surface area contributed by atoms with Crippen LogP contribution in [0.4, 0.5) is 5.69 Å². The van der Waals surface area contributed by atoms with Gasteiger partial charge < -0.3 is 15.4 Å². The second-order valence-corrected chi connectivity index (χ2v) is 4.05. The molecule has 0 saturated heterocycles. The molecule has 0 saturated carbocycles. The summed E-state index contributed by atoms with van der Waals surface area (Å²) in [5, 5.41) is 0. The van der Waals surface area contributed by atoms with Crippen LogP contribution in [0.25, 0.3) is 0 Å². The maximum Gasteiger partial charge on any atom is 0.142 e. The summed E-state index contributed by atoms with van der Waals surface area (Å²) < 4.78 is 5.40. The Kier molecular flexibility index (Phi) is 4.62. The maximum atomic E-state index is 5.73. The molecule has 90 valence electrons. The Morgan fingerprint density at radius 1 is 1.44 bits per heavy atom. The Balaban J connectivity index is 3.11. The SMILES string of the molecule is CCN(c1cc(C)ccc1OC)C(C)CN. The first kappa shape index (κ1) is 12.8. The second-order valence-electron chi connectivity index (χ2n) is 4.05. The molecule has 0 amide bonds. The van der Waals surface area contributed by atoms with Crippen LogP contribution >= 0.6 is 0 Å². The van der Waals surface area contributed by atoms with Crippen LogP contribution in [0.2, 0.25) is 0 Å². The van der Waals surface area contributed by atoms with Crippen LogP contribution in [0.5, 0.6) is 5.75 Å². The van der Waals surface area contributed by atoms with Crippen LogP contribution < -0.4 is 15.4 Å². The molecule has 1 unspecified atom stereocenters. The van der Waals surface area contributed by atoms with E-state index in [4.69, 9.17) is 10.5 Å². The lowest BCUT2D eigenvalue weighted by atomic mass is 10.1. The van der Waals surface area contributed by atoms with Gasteiger partial charge in [-0.05, 0) is 38.5 Å². The number of ether oxygens (including phenoxy) is 1. The second kappa shape index (κ2) is 5.75. The Bertz CT molecular complexity index is 339. The van der Waals surface area contributed by atoms with E-state index in [1.54, 1.807) is 7.11 Å². The molecular formula is C13H22N2O. The van der Waals surface area contributed by atoms with E-state index >= 15 is 0 Å². The lowest BCUT2D eigenvalue weighted by molar-refractivity contribution is 0.413. The molecule has 0 fully saturated rings. The highest BCUT2D eigenvalue weighted by Gasteiger charge is 2.15. The van der Waals surface area contributed by atoms with Gasteiger partial charge in [0.15, 0.2) is 0 Å². The fourth-order valence-corrected chi connectivity index (χ4v) is 1.87. The van der Waals surface area contributed by atoms with Crippen molar-refractivity contribution in [3.8, 4) is 5.75 Å². The summed E-state index contributed by atoms with van der Waals surface area (Å²) >= 11 is 0. The van der Waals surface area contributed by atoms with E-state index in [-0.39, 0.29) is 0 Å². The fourth-order valence-electron chi connectivity index (χ4n) is 1.87. The lowest BCUT2D eigenvalue weighted by Gasteiger charge is -2.30. The number of nitrogens with two attached hydrogens (primary N) is 1. The third kappa shape index (κ3) is 2.67. The van der Waals surface area contributed by atoms with E-state index in [1.807, 2.05) is 6.07 Å². The molecule has 3 heteroatoms. The number of rotatable bonds is 5. The summed E-state index contributed by atoms with van der Waals surface area (Å²) in [5.41, 5.74) is 8.10. The molecule has 16 heavy (non-hydrogen) atoms. The van der Waals surface area contributed by atoms with Gasteiger partial charge >= 0.3 is 0 Å². The topological polar surface area (TPSA) is 38.5 Å². The highest BCUT2D eigenvalue weighted by atomic mass is 16.5. The van der Waals surface area contributed by atoms with Crippen molar-refractivity contribution in [2.75, 3.05) is 25.1 Å². The first-order chi connectivity index (χ1) is 7.63. The van der Waals surface area contributed by atoms with Crippen LogP contribution in [-0.2, 0) is 0 Å². The van der Waals surface area contributed by atoms with Crippen LogP contribution in [0.15, 0.2) is 18.2 Å². The zero-order valence-corrected chi connectivity index (χ0v) is 10.7. The van der Waals surface area contributed by atoms with Gasteiger partial charge in [0.2, 0.25) is 0 Å². The van der Waals surface area contributed by atoms with Crippen molar-refractivity contribution in [1.29, 1.82) is 0 Å². The molecule has 1 atom stereocenters. The maximum absolute atomic E-state index is 5.73. The molecule has 3 nitrogen and oxygen atoms in total. The van der Waals surface area contributed by atoms with Crippen molar-refractivity contribution in [3.05, 3.63) is 23.8 Å². The van der Waals surface area contributed by atoms with Crippen LogP contribution in [-0.4, -0.2) is 26.2 Å². The predicted octanol–water partition coefficient (Wildman–Crippen LogP) is 2.18. The van der Waals surface area contributed by atoms with Gasteiger partial charge in [-0.2, -0.15) is 0 Å². The van der Waals surface area contributed by atoms with Crippen molar-refractivity contribution >= 4 is 5.69 Å². The van der Waals surface area contributed by atoms with Crippen LogP contribution in [0, 0.1) is 6.92 Å². The van der Waals surface area contributed by atoms with Gasteiger partial charge in [-0.1, -0.05) is 6.07 Å². The third-order valence-electron chi connectivity index (χ3n) is 2.86. The van der Waals surface area contributed by atoms with E-state index < -0.39 is 0 Å². The molecule has 0 aliphatic carbocycles. The van der Waals surface area contributed by atoms with Gasteiger partial charge in [-0.15, -0.1) is 0 Å². The van der Waals surface area contributed by atoms with Crippen molar-refractivity contribution in [2.24, 2.45) is 5.73 Å². The lowest BCUT2D eigenvalue weighted by Crippen LogP contribution is -2.38. The number of nitrogens with zero attached hydrogens (tertiary/aromatic N) is 1. The van der Waals surface area contributed by atoms with Crippen molar-refractivity contribution in [1.82, 2.24) is 0 Å². The number of benzene rings is 1. The quantitative estimate of drug-likeness (QED) is 0.830. The third-order valence-corrected chi connectivity index (χ3v) is 2.86. The van der Waals surface area contributed by atoms with E-state index in [0.29, 0.717) is 12.6 Å². The number of hydrogen-bond donors (Lipinski definition) is 1. The van der Waals surface area contributed by atoms with E-state index in [2.05, 4.69) is 37.8 Å². The first-order valence-electron chi connectivity index (χ1n) is 5.75. The molecule has 0 bridgehead atoms. The number of anilines is 1. The molecule has 0 spiro atoms. The number of aryl methyl sites for hydroxylation is 1. The normalized spacial score (nSPS) is 12.3. The van der Waals surface area contributed by atoms with E-state index in [0.717, 1.165) is 18.0 Å². The van der Waals surface area contributed by atoms with Gasteiger partial charge in [-0.25, -0.2) is 0 Å². The summed E-state index contributed by atoms with van der Waals surface area (Å²) in [5.74, 6) is 0.910. The summed E-state index contributed by atoms with van der Waals surface area (Å²) in [7, 11) is 1.70. The van der Waals surface area contributed by atoms with Gasteiger partial charge in [0.1, 0.15) is 5.75 Å². The van der Waals surface area contributed by atoms with E-state index in [9.17, 15) is 0 Å². The summed E-state index contributed by atoms with van der Waals surface area (Å²) in [4.78, 5) is 2.27. The number of likely N-dealkylation sites (N-methyl/N-ethyl adjacent to an activating group) is 1. The molecule has 0 radical (unpaired) electrons. The summed E-state index contributed by atoms with van der Waals surface area (Å²) in [6, 6.07) is 6.54. The summed E-state index contributed by atoms with van der Waals surface area (Å²) in [6.45, 7) is 7.92. The largest absolute Gasteiger partial charge is 0.495 e. The summed E-state index contributed by atoms with van der Waals surface area (Å²) in [6.07, 6.45) is 0. The van der Waals surface area contributed by atoms with Crippen LogP contribution in [0.3, 0.4) is 0 Å². The first-order valence-corrected chi connectivity index (χ1v) is 5.75. The minimum absolute atomic E-state index is 0.320. The highest BCUT2D eigenvalue weighted by molar-refractivity contribution is 5.60. The van der Waals surface area contributed by atoms with Gasteiger partial charge in [-0.3, -0.25) is 0 Å². The zero-order chi connectivity index (χ0) is 12.1. The molecular weight excluding hydrogens is 200 g/mol. The molecule has 0 aliphatic rings. The number of hydrogen-bond acceptors (Lipinski definition) is 3. The molecule has 2 N–H and O–H groups in total. The Morgan fingerprint density at radius 2 is 2.12 bits per heavy atom. The Hall–Kier alpha value is -1.22. The van der Waals surface area contributed by atoms with Gasteiger partial charge in [0.25, 0.3) is 0 Å². The fraction of sp³-hybridized carbons (Fsp3) is 0.538. The van der Waals surface area contributed by atoms with Crippen LogP contribution in [0.1, 0.15) is 19.4 Å². The van der Waals surface area contributed by atoms with E-state index in [1.165, 1.54) is 5.56 Å². The Morgan fingerprint density at radius 3 is 2.62 bits per heavy atom. The average molecular weight is 222 g/mol. The molecule has 0 aromatic heterocycles.